The number of hydrogen-bond acceptors (Lipinski definition) is 14. The van der Waals surface area contributed by atoms with Gasteiger partial charge in [-0.3, -0.25) is 18.9 Å². The Morgan fingerprint density at radius 2 is 2.04 bits per heavy atom. The van der Waals surface area contributed by atoms with Crippen LogP contribution in [-0.4, -0.2) is 110 Å². The van der Waals surface area contributed by atoms with Gasteiger partial charge in [-0.15, -0.1) is 0 Å². The molecule has 1 aliphatic rings. The zero-order valence-electron chi connectivity index (χ0n) is 30.6. The van der Waals surface area contributed by atoms with Gasteiger partial charge in [0, 0.05) is 48.0 Å². The minimum Gasteiger partial charge on any atom is -0.491 e. The van der Waals surface area contributed by atoms with Crippen molar-refractivity contribution in [3.63, 3.8) is 0 Å². The second kappa shape index (κ2) is 24.5. The Morgan fingerprint density at radius 3 is 2.82 bits per heavy atom. The third-order valence-electron chi connectivity index (χ3n) is 7.79. The molecule has 4 rings (SSSR count). The summed E-state index contributed by atoms with van der Waals surface area (Å²) in [7, 11) is 0.749. The molecule has 0 saturated carbocycles. The van der Waals surface area contributed by atoms with E-state index in [0.717, 1.165) is 0 Å². The SMILES string of the molecule is CC(=O)NCCNC(=O)c1cccc(OCC(N=[N+]=[N-])OCCOCC(=O)NCC#Cc2cn([C@H]3C[C@@H](OCN=[N+]=[N-])[C@@H](CPPP=O)O3)c3ncnc(N)c23)c1. The summed E-state index contributed by atoms with van der Waals surface area (Å²) in [5.74, 6) is 5.49. The highest BCUT2D eigenvalue weighted by atomic mass is 32.4. The summed E-state index contributed by atoms with van der Waals surface area (Å²) in [6.45, 7) is 1.32. The van der Waals surface area contributed by atoms with E-state index < -0.39 is 18.4 Å². The van der Waals surface area contributed by atoms with E-state index in [1.807, 2.05) is 0 Å². The van der Waals surface area contributed by atoms with Gasteiger partial charge >= 0.3 is 0 Å². The van der Waals surface area contributed by atoms with E-state index >= 15 is 0 Å². The van der Waals surface area contributed by atoms with E-state index in [-0.39, 0.29) is 92.2 Å². The van der Waals surface area contributed by atoms with Crippen molar-refractivity contribution in [2.45, 2.75) is 38.0 Å². The van der Waals surface area contributed by atoms with E-state index in [0.29, 0.717) is 55.3 Å². The molecule has 3 heterocycles. The molecule has 22 nitrogen and oxygen atoms in total. The van der Waals surface area contributed by atoms with Gasteiger partial charge in [0.25, 0.3) is 5.91 Å². The number of anilines is 1. The number of amides is 3. The molecule has 1 fully saturated rings. The molecule has 3 amide bonds. The summed E-state index contributed by atoms with van der Waals surface area (Å²) < 4.78 is 41.5. The maximum Gasteiger partial charge on any atom is 0.251 e. The van der Waals surface area contributed by atoms with Crippen LogP contribution in [0, 0.1) is 11.8 Å². The smallest absolute Gasteiger partial charge is 0.251 e. The van der Waals surface area contributed by atoms with Crippen molar-refractivity contribution in [2.75, 3.05) is 64.7 Å². The molecule has 5 N–H and O–H groups in total. The van der Waals surface area contributed by atoms with Gasteiger partial charge in [-0.1, -0.05) is 36.4 Å². The molecule has 25 heteroatoms. The number of benzene rings is 1. The Kier molecular flexibility index (Phi) is 19.1. The van der Waals surface area contributed by atoms with E-state index in [9.17, 15) is 18.9 Å². The fourth-order valence-electron chi connectivity index (χ4n) is 5.31. The highest BCUT2D eigenvalue weighted by Crippen LogP contribution is 2.49. The molecule has 3 aromatic rings. The Hall–Kier alpha value is -5.17. The summed E-state index contributed by atoms with van der Waals surface area (Å²) in [4.78, 5) is 49.8. The maximum atomic E-state index is 12.4. The fraction of sp³-hybridized carbons (Fsp3) is 0.469. The lowest BCUT2D eigenvalue weighted by atomic mass is 10.2. The molecule has 1 aliphatic heterocycles. The number of ether oxygens (including phenoxy) is 5. The monoisotopic (exact) mass is 843 g/mol. The van der Waals surface area contributed by atoms with Gasteiger partial charge in [0.1, 0.15) is 49.7 Å². The zero-order chi connectivity index (χ0) is 40.8. The number of nitrogens with one attached hydrogen (secondary N) is 3. The quantitative estimate of drug-likeness (QED) is 0.0266. The second-order valence-electron chi connectivity index (χ2n) is 11.7. The predicted molar refractivity (Wildman–Crippen MR) is 211 cm³/mol. The molecule has 1 saturated heterocycles. The number of hydrogen-bond donors (Lipinski definition) is 4. The van der Waals surface area contributed by atoms with Crippen molar-refractivity contribution in [3.8, 4) is 17.6 Å². The van der Waals surface area contributed by atoms with Gasteiger partial charge in [-0.25, -0.2) is 9.97 Å². The standard InChI is InChI=1S/C32H40N13O9P3/c1-20(46)36-8-9-38-32(48)21-4-2-6-23(12-21)52-16-27(42-44-35)51-11-10-50-15-26(47)37-7-3-5-22-14-45(31-29(22)30(33)39-18-40-31)28-13-24(53-19-41-43-34)25(54-28)17-55-57-56-49/h2,4,6,12,14,18,24-25,27-28,55,57H,7-11,13,15-17,19H2,1H3,(H,36,46)(H,37,47)(H,38,48)(H2,33,39,40)/t24-,25-,27?,28-/m1/s1. The lowest BCUT2D eigenvalue weighted by molar-refractivity contribution is -0.126. The number of azide groups is 2. The maximum absolute atomic E-state index is 12.4. The first-order chi connectivity index (χ1) is 27.7. The molecule has 0 spiro atoms. The highest BCUT2D eigenvalue weighted by molar-refractivity contribution is 8.40. The summed E-state index contributed by atoms with van der Waals surface area (Å²) in [5, 5.41) is 15.5. The molecular weight excluding hydrogens is 803 g/mol. The van der Waals surface area contributed by atoms with Crippen LogP contribution >= 0.6 is 24.4 Å². The van der Waals surface area contributed by atoms with Gasteiger partial charge in [0.05, 0.1) is 42.9 Å². The molecule has 6 atom stereocenters. The molecule has 0 bridgehead atoms. The summed E-state index contributed by atoms with van der Waals surface area (Å²) >= 11 is 0. The van der Waals surface area contributed by atoms with Crippen molar-refractivity contribution >= 4 is 58.9 Å². The molecule has 1 aromatic carbocycles. The number of nitrogens with zero attached hydrogens (tertiary/aromatic N) is 9. The van der Waals surface area contributed by atoms with Crippen LogP contribution in [0.4, 0.5) is 5.82 Å². The van der Waals surface area contributed by atoms with Crippen LogP contribution < -0.4 is 26.4 Å². The number of carbonyl (C=O) groups is 3. The fourth-order valence-corrected chi connectivity index (χ4v) is 8.50. The molecular formula is C32H40N13O9P3. The highest BCUT2D eigenvalue weighted by Gasteiger charge is 2.37. The first kappa shape index (κ1) is 44.5. The molecule has 0 radical (unpaired) electrons. The number of fused-ring (bicyclic) bond motifs is 1. The lowest BCUT2D eigenvalue weighted by Gasteiger charge is -2.17. The third-order valence-corrected chi connectivity index (χ3v) is 12.2. The predicted octanol–water partition coefficient (Wildman–Crippen LogP) is 3.51. The second-order valence-corrected chi connectivity index (χ2v) is 17.1. The molecule has 2 aromatic heterocycles. The Morgan fingerprint density at radius 1 is 1.19 bits per heavy atom. The van der Waals surface area contributed by atoms with Gasteiger partial charge in [0.15, 0.2) is 14.4 Å². The van der Waals surface area contributed by atoms with Crippen LogP contribution in [0.2, 0.25) is 0 Å². The van der Waals surface area contributed by atoms with E-state index in [1.54, 1.807) is 29.0 Å². The number of nitrogens with two attached hydrogens (primary N) is 1. The van der Waals surface area contributed by atoms with Crippen molar-refractivity contribution in [2.24, 2.45) is 10.2 Å². The van der Waals surface area contributed by atoms with Crippen LogP contribution in [0.15, 0.2) is 47.0 Å². The number of carbonyl (C=O) groups excluding carboxylic acids is 3. The average molecular weight is 844 g/mol. The van der Waals surface area contributed by atoms with Crippen LogP contribution in [0.3, 0.4) is 0 Å². The number of rotatable bonds is 23. The zero-order valence-corrected chi connectivity index (χ0v) is 33.5. The first-order valence-corrected chi connectivity index (χ1v) is 22.0. The number of aromatic nitrogens is 3. The van der Waals surface area contributed by atoms with Crippen molar-refractivity contribution in [3.05, 3.63) is 68.8 Å². The third kappa shape index (κ3) is 14.7. The first-order valence-electron chi connectivity index (χ1n) is 17.2. The van der Waals surface area contributed by atoms with Crippen LogP contribution in [0.5, 0.6) is 5.75 Å². The van der Waals surface area contributed by atoms with Crippen LogP contribution in [-0.2, 0) is 33.1 Å². The van der Waals surface area contributed by atoms with Crippen LogP contribution in [0.25, 0.3) is 31.9 Å². The molecule has 302 valence electrons. The van der Waals surface area contributed by atoms with E-state index in [1.165, 1.54) is 19.3 Å². The molecule has 3 unspecified atom stereocenters. The van der Waals surface area contributed by atoms with Crippen LogP contribution in [0.1, 0.15) is 35.5 Å². The Labute approximate surface area is 330 Å². The minimum atomic E-state index is -1.02. The summed E-state index contributed by atoms with van der Waals surface area (Å²) in [5.41, 5.74) is 25.2. The van der Waals surface area contributed by atoms with Gasteiger partial charge < -0.3 is 49.9 Å². The van der Waals surface area contributed by atoms with Gasteiger partial charge in [-0.05, 0) is 43.4 Å². The van der Waals surface area contributed by atoms with E-state index in [4.69, 9.17) is 40.5 Å². The minimum absolute atomic E-state index is 0.00409. The summed E-state index contributed by atoms with van der Waals surface area (Å²) in [6, 6.07) is 6.37. The van der Waals surface area contributed by atoms with Gasteiger partial charge in [0.2, 0.25) is 11.8 Å². The van der Waals surface area contributed by atoms with Crippen molar-refractivity contribution < 1.29 is 42.6 Å². The topological polar surface area (TPSA) is 305 Å². The van der Waals surface area contributed by atoms with Gasteiger partial charge in [-0.2, -0.15) is 0 Å². The molecule has 0 aliphatic carbocycles. The van der Waals surface area contributed by atoms with Crippen molar-refractivity contribution in [1.29, 1.82) is 0 Å². The Balaban J connectivity index is 1.22. The largest absolute Gasteiger partial charge is 0.491 e. The van der Waals surface area contributed by atoms with E-state index in [2.05, 4.69) is 57.8 Å². The summed E-state index contributed by atoms with van der Waals surface area (Å²) in [6.07, 6.45) is 1.93. The normalized spacial score (nSPS) is 16.8. The van der Waals surface area contributed by atoms with Crippen molar-refractivity contribution in [1.82, 2.24) is 30.5 Å². The Bertz CT molecular complexity index is 2020. The lowest BCUT2D eigenvalue weighted by Crippen LogP contribution is -2.33. The average Bonchev–Trinajstić information content (AvgIpc) is 3.78. The molecule has 57 heavy (non-hydrogen) atoms. The number of nitrogen functional groups attached to an aromatic ring is 1.